The Labute approximate surface area is 106 Å². The van der Waals surface area contributed by atoms with Gasteiger partial charge in [-0.25, -0.2) is 0 Å². The number of nitrogens with one attached hydrogen (secondary N) is 2. The van der Waals surface area contributed by atoms with Crippen molar-refractivity contribution in [3.8, 4) is 0 Å². The largest absolute Gasteiger partial charge is 0.364 e. The zero-order chi connectivity index (χ0) is 13.0. The van der Waals surface area contributed by atoms with Gasteiger partial charge in [-0.15, -0.1) is 0 Å². The summed E-state index contributed by atoms with van der Waals surface area (Å²) in [6.45, 7) is 2.42. The second kappa shape index (κ2) is 5.67. The van der Waals surface area contributed by atoms with Crippen LogP contribution in [0.5, 0.6) is 0 Å². The first-order valence-electron chi connectivity index (χ1n) is 6.29. The minimum absolute atomic E-state index is 0.187. The Morgan fingerprint density at radius 1 is 1.50 bits per heavy atom. The third-order valence-electron chi connectivity index (χ3n) is 3.23. The zero-order valence-corrected chi connectivity index (χ0v) is 10.5. The number of pyridine rings is 1. The predicted octanol–water partition coefficient (Wildman–Crippen LogP) is 1.77. The fraction of sp³-hybridized carbons (Fsp3) is 0.429. The Balaban J connectivity index is 1.95. The fourth-order valence-electron chi connectivity index (χ4n) is 2.12. The molecule has 1 aliphatic carbocycles. The SMILES string of the molecule is Cc1cc(=O)c(C(=O)NCC2CC=CCC2)c[nH]1. The van der Waals surface area contributed by atoms with Crippen LogP contribution in [0.2, 0.25) is 0 Å². The van der Waals surface area contributed by atoms with E-state index in [9.17, 15) is 9.59 Å². The van der Waals surface area contributed by atoms with E-state index in [1.54, 1.807) is 6.92 Å². The number of aromatic nitrogens is 1. The molecule has 1 aromatic rings. The molecular weight excluding hydrogens is 228 g/mol. The lowest BCUT2D eigenvalue weighted by Crippen LogP contribution is -2.33. The molecule has 1 atom stereocenters. The molecule has 0 aliphatic heterocycles. The molecule has 4 nitrogen and oxygen atoms in total. The van der Waals surface area contributed by atoms with Gasteiger partial charge in [-0.3, -0.25) is 9.59 Å². The highest BCUT2D eigenvalue weighted by Gasteiger charge is 2.14. The van der Waals surface area contributed by atoms with E-state index < -0.39 is 0 Å². The van der Waals surface area contributed by atoms with Crippen molar-refractivity contribution >= 4 is 5.91 Å². The van der Waals surface area contributed by atoms with Crippen molar-refractivity contribution in [3.63, 3.8) is 0 Å². The van der Waals surface area contributed by atoms with E-state index in [4.69, 9.17) is 0 Å². The maximum Gasteiger partial charge on any atom is 0.256 e. The fourth-order valence-corrected chi connectivity index (χ4v) is 2.12. The number of amides is 1. The summed E-state index contributed by atoms with van der Waals surface area (Å²) < 4.78 is 0. The van der Waals surface area contributed by atoms with Gasteiger partial charge in [0.15, 0.2) is 5.43 Å². The molecule has 0 saturated carbocycles. The van der Waals surface area contributed by atoms with Crippen molar-refractivity contribution in [2.45, 2.75) is 26.2 Å². The highest BCUT2D eigenvalue weighted by Crippen LogP contribution is 2.16. The molecule has 2 N–H and O–H groups in total. The highest BCUT2D eigenvalue weighted by atomic mass is 16.2. The van der Waals surface area contributed by atoms with Crippen LogP contribution in [-0.2, 0) is 0 Å². The minimum Gasteiger partial charge on any atom is -0.364 e. The molecule has 1 aliphatic rings. The third kappa shape index (κ3) is 3.09. The lowest BCUT2D eigenvalue weighted by atomic mass is 9.94. The van der Waals surface area contributed by atoms with Crippen LogP contribution in [0.1, 0.15) is 35.3 Å². The molecule has 4 heteroatoms. The lowest BCUT2D eigenvalue weighted by molar-refractivity contribution is 0.0945. The molecule has 0 bridgehead atoms. The van der Waals surface area contributed by atoms with Gasteiger partial charge < -0.3 is 10.3 Å². The van der Waals surface area contributed by atoms with E-state index in [0.29, 0.717) is 12.5 Å². The van der Waals surface area contributed by atoms with Crippen LogP contribution in [0, 0.1) is 12.8 Å². The Morgan fingerprint density at radius 3 is 3.00 bits per heavy atom. The van der Waals surface area contributed by atoms with Crippen LogP contribution in [0.15, 0.2) is 29.2 Å². The molecule has 0 spiro atoms. The van der Waals surface area contributed by atoms with Gasteiger partial charge in [0.1, 0.15) is 5.56 Å². The lowest BCUT2D eigenvalue weighted by Gasteiger charge is -2.17. The molecule has 18 heavy (non-hydrogen) atoms. The molecule has 2 rings (SSSR count). The number of aryl methyl sites for hydroxylation is 1. The van der Waals surface area contributed by atoms with Gasteiger partial charge in [-0.2, -0.15) is 0 Å². The van der Waals surface area contributed by atoms with Gasteiger partial charge in [-0.1, -0.05) is 12.2 Å². The van der Waals surface area contributed by atoms with Crippen LogP contribution in [-0.4, -0.2) is 17.4 Å². The summed E-state index contributed by atoms with van der Waals surface area (Å²) in [5.41, 5.74) is 0.716. The predicted molar refractivity (Wildman–Crippen MR) is 70.6 cm³/mol. The molecule has 0 aromatic carbocycles. The van der Waals surface area contributed by atoms with Crippen LogP contribution in [0.25, 0.3) is 0 Å². The van der Waals surface area contributed by atoms with Crippen LogP contribution in [0.4, 0.5) is 0 Å². The molecule has 1 aromatic heterocycles. The van der Waals surface area contributed by atoms with Gasteiger partial charge in [0.2, 0.25) is 0 Å². The number of rotatable bonds is 3. The number of aromatic amines is 1. The minimum atomic E-state index is -0.286. The Hall–Kier alpha value is -1.84. The van der Waals surface area contributed by atoms with Gasteiger partial charge in [-0.05, 0) is 32.1 Å². The third-order valence-corrected chi connectivity index (χ3v) is 3.23. The van der Waals surface area contributed by atoms with Crippen LogP contribution < -0.4 is 10.7 Å². The second-order valence-corrected chi connectivity index (χ2v) is 4.75. The van der Waals surface area contributed by atoms with E-state index in [-0.39, 0.29) is 16.9 Å². The molecule has 0 radical (unpaired) electrons. The van der Waals surface area contributed by atoms with E-state index >= 15 is 0 Å². The average Bonchev–Trinajstić information content (AvgIpc) is 2.37. The maximum absolute atomic E-state index is 11.9. The molecule has 0 saturated heterocycles. The van der Waals surface area contributed by atoms with Gasteiger partial charge >= 0.3 is 0 Å². The van der Waals surface area contributed by atoms with E-state index in [0.717, 1.165) is 25.0 Å². The van der Waals surface area contributed by atoms with Gasteiger partial charge in [0, 0.05) is 24.5 Å². The summed E-state index contributed by atoms with van der Waals surface area (Å²) in [4.78, 5) is 26.4. The molecular formula is C14H18N2O2. The quantitative estimate of drug-likeness (QED) is 0.798. The topological polar surface area (TPSA) is 62.0 Å². The van der Waals surface area contributed by atoms with Crippen molar-refractivity contribution in [2.24, 2.45) is 5.92 Å². The first kappa shape index (κ1) is 12.6. The Morgan fingerprint density at radius 2 is 2.33 bits per heavy atom. The monoisotopic (exact) mass is 246 g/mol. The molecule has 0 fully saturated rings. The maximum atomic E-state index is 11.9. The van der Waals surface area contributed by atoms with Crippen LogP contribution in [0.3, 0.4) is 0 Å². The van der Waals surface area contributed by atoms with E-state index in [2.05, 4.69) is 22.5 Å². The smallest absolute Gasteiger partial charge is 0.256 e. The average molecular weight is 246 g/mol. The number of allylic oxidation sites excluding steroid dienone is 2. The summed E-state index contributed by atoms with van der Waals surface area (Å²) in [5.74, 6) is 0.203. The highest BCUT2D eigenvalue weighted by molar-refractivity contribution is 5.93. The number of carbonyl (C=O) groups is 1. The normalized spacial score (nSPS) is 18.6. The Kier molecular flexibility index (Phi) is 3.97. The second-order valence-electron chi connectivity index (χ2n) is 4.75. The van der Waals surface area contributed by atoms with Crippen molar-refractivity contribution in [1.29, 1.82) is 0 Å². The van der Waals surface area contributed by atoms with E-state index in [1.165, 1.54) is 12.3 Å². The summed E-state index contributed by atoms with van der Waals surface area (Å²) >= 11 is 0. The number of hydrogen-bond donors (Lipinski definition) is 2. The molecule has 1 amide bonds. The first-order chi connectivity index (χ1) is 8.66. The summed E-state index contributed by atoms with van der Waals surface area (Å²) in [6, 6.07) is 1.44. The van der Waals surface area contributed by atoms with Crippen molar-refractivity contribution in [3.05, 3.63) is 45.9 Å². The number of hydrogen-bond acceptors (Lipinski definition) is 2. The number of H-pyrrole nitrogens is 1. The first-order valence-corrected chi connectivity index (χ1v) is 6.29. The van der Waals surface area contributed by atoms with Crippen molar-refractivity contribution in [2.75, 3.05) is 6.54 Å². The van der Waals surface area contributed by atoms with Crippen LogP contribution >= 0.6 is 0 Å². The van der Waals surface area contributed by atoms with E-state index in [1.807, 2.05) is 0 Å². The summed E-state index contributed by atoms with van der Waals surface area (Å²) in [7, 11) is 0. The van der Waals surface area contributed by atoms with Gasteiger partial charge in [0.25, 0.3) is 5.91 Å². The number of carbonyl (C=O) groups excluding carboxylic acids is 1. The standard InChI is InChI=1S/C14H18N2O2/c1-10-7-13(17)12(9-15-10)14(18)16-8-11-5-3-2-4-6-11/h2-3,7,9,11H,4-6,8H2,1H3,(H,15,17)(H,16,18). The summed E-state index contributed by atoms with van der Waals surface area (Å²) in [6.07, 6.45) is 8.98. The van der Waals surface area contributed by atoms with Gasteiger partial charge in [0.05, 0.1) is 0 Å². The van der Waals surface area contributed by atoms with Crippen molar-refractivity contribution < 1.29 is 4.79 Å². The van der Waals surface area contributed by atoms with Crippen molar-refractivity contribution in [1.82, 2.24) is 10.3 Å². The molecule has 96 valence electrons. The zero-order valence-electron chi connectivity index (χ0n) is 10.5. The Bertz CT molecular complexity index is 517. The molecule has 1 heterocycles. The summed E-state index contributed by atoms with van der Waals surface area (Å²) in [5, 5.41) is 2.84. The molecule has 1 unspecified atom stereocenters.